The average Bonchev–Trinajstić information content (AvgIpc) is 2.78. The second-order valence-electron chi connectivity index (χ2n) is 5.50. The third-order valence-corrected chi connectivity index (χ3v) is 3.55. The van der Waals surface area contributed by atoms with Crippen LogP contribution in [0.3, 0.4) is 0 Å². The van der Waals surface area contributed by atoms with Gasteiger partial charge in [0.1, 0.15) is 5.75 Å². The van der Waals surface area contributed by atoms with Crippen molar-refractivity contribution in [1.82, 2.24) is 9.80 Å². The number of carbonyl (C=O) groups is 1. The van der Waals surface area contributed by atoms with Gasteiger partial charge in [0.25, 0.3) is 5.91 Å². The molecular weight excluding hydrogens is 256 g/mol. The summed E-state index contributed by atoms with van der Waals surface area (Å²) in [7, 11) is 5.52. The van der Waals surface area contributed by atoms with E-state index in [1.807, 2.05) is 25.1 Å². The van der Waals surface area contributed by atoms with Gasteiger partial charge in [-0.05, 0) is 38.7 Å². The van der Waals surface area contributed by atoms with E-state index in [4.69, 9.17) is 4.74 Å². The Kier molecular flexibility index (Phi) is 4.62. The predicted octanol–water partition coefficient (Wildman–Crippen LogP) is 0.832. The molecule has 0 saturated carbocycles. The molecular formula is C15H22N2O3. The lowest BCUT2D eigenvalue weighted by Crippen LogP contribution is -2.41. The van der Waals surface area contributed by atoms with E-state index in [1.54, 1.807) is 30.2 Å². The number of amides is 1. The summed E-state index contributed by atoms with van der Waals surface area (Å²) in [5, 5.41) is 9.84. The van der Waals surface area contributed by atoms with Crippen LogP contribution in [0, 0.1) is 0 Å². The number of methoxy groups -OCH3 is 1. The van der Waals surface area contributed by atoms with Crippen LogP contribution >= 0.6 is 0 Å². The first-order chi connectivity index (χ1) is 9.51. The van der Waals surface area contributed by atoms with Gasteiger partial charge in [0.15, 0.2) is 0 Å². The van der Waals surface area contributed by atoms with Crippen LogP contribution in [-0.4, -0.2) is 67.3 Å². The lowest BCUT2D eigenvalue weighted by molar-refractivity contribution is 0.0699. The molecule has 1 aliphatic heterocycles. The molecule has 20 heavy (non-hydrogen) atoms. The molecule has 1 aromatic rings. The third-order valence-electron chi connectivity index (χ3n) is 3.55. The molecule has 1 saturated heterocycles. The van der Waals surface area contributed by atoms with E-state index in [0.29, 0.717) is 24.3 Å². The van der Waals surface area contributed by atoms with Crippen molar-refractivity contribution in [2.45, 2.75) is 18.6 Å². The fraction of sp³-hybridized carbons (Fsp3) is 0.533. The van der Waals surface area contributed by atoms with Crippen molar-refractivity contribution in [3.8, 4) is 5.75 Å². The molecule has 0 radical (unpaired) electrons. The summed E-state index contributed by atoms with van der Waals surface area (Å²) in [5.74, 6) is 0.618. The summed E-state index contributed by atoms with van der Waals surface area (Å²) in [4.78, 5) is 16.4. The molecule has 2 unspecified atom stereocenters. The minimum Gasteiger partial charge on any atom is -0.497 e. The lowest BCUT2D eigenvalue weighted by atomic mass is 10.1. The van der Waals surface area contributed by atoms with Gasteiger partial charge >= 0.3 is 0 Å². The maximum atomic E-state index is 12.6. The van der Waals surface area contributed by atoms with E-state index < -0.39 is 6.10 Å². The number of aliphatic hydroxyl groups excluding tert-OH is 1. The van der Waals surface area contributed by atoms with E-state index in [0.717, 1.165) is 6.54 Å². The first-order valence-electron chi connectivity index (χ1n) is 6.79. The number of nitrogens with zero attached hydrogens (tertiary/aromatic N) is 2. The number of likely N-dealkylation sites (N-methyl/N-ethyl adjacent to an activating group) is 1. The molecule has 2 rings (SSSR count). The van der Waals surface area contributed by atoms with Crippen LogP contribution in [0.1, 0.15) is 16.8 Å². The lowest BCUT2D eigenvalue weighted by Gasteiger charge is -2.27. The Morgan fingerprint density at radius 3 is 2.90 bits per heavy atom. The number of aliphatic hydroxyl groups is 1. The molecule has 0 aliphatic carbocycles. The number of hydrogen-bond acceptors (Lipinski definition) is 4. The Morgan fingerprint density at radius 1 is 1.50 bits per heavy atom. The number of carbonyl (C=O) groups excluding carboxylic acids is 1. The minimum absolute atomic E-state index is 0.0488. The smallest absolute Gasteiger partial charge is 0.254 e. The van der Waals surface area contributed by atoms with Crippen LogP contribution < -0.4 is 4.74 Å². The summed E-state index contributed by atoms with van der Waals surface area (Å²) >= 11 is 0. The van der Waals surface area contributed by atoms with Crippen LogP contribution in [0.25, 0.3) is 0 Å². The summed E-state index contributed by atoms with van der Waals surface area (Å²) in [5.41, 5.74) is 0.599. The zero-order chi connectivity index (χ0) is 14.7. The SMILES string of the molecule is COc1cccc(C(=O)N2CC(O)CC2CN(C)C)c1. The number of β-amino-alcohol motifs (C(OH)–C–C–N with tert-alkyl or cyclic N) is 1. The van der Waals surface area contributed by atoms with Gasteiger partial charge in [-0.1, -0.05) is 6.07 Å². The molecule has 1 N–H and O–H groups in total. The van der Waals surface area contributed by atoms with Gasteiger partial charge in [0.05, 0.1) is 13.2 Å². The van der Waals surface area contributed by atoms with Gasteiger partial charge in [0, 0.05) is 24.7 Å². The summed E-state index contributed by atoms with van der Waals surface area (Å²) in [6.45, 7) is 1.15. The highest BCUT2D eigenvalue weighted by Crippen LogP contribution is 2.22. The molecule has 5 nitrogen and oxygen atoms in total. The highest BCUT2D eigenvalue weighted by atomic mass is 16.5. The highest BCUT2D eigenvalue weighted by molar-refractivity contribution is 5.95. The maximum absolute atomic E-state index is 12.6. The van der Waals surface area contributed by atoms with Gasteiger partial charge in [-0.3, -0.25) is 4.79 Å². The first-order valence-corrected chi connectivity index (χ1v) is 6.79. The number of rotatable bonds is 4. The Balaban J connectivity index is 2.17. The number of hydrogen-bond donors (Lipinski definition) is 1. The van der Waals surface area contributed by atoms with Crippen molar-refractivity contribution in [2.75, 3.05) is 34.3 Å². The van der Waals surface area contributed by atoms with E-state index in [2.05, 4.69) is 0 Å². The van der Waals surface area contributed by atoms with Gasteiger partial charge < -0.3 is 19.6 Å². The standard InChI is InChI=1S/C15H22N2O3/c1-16(2)9-12-8-13(18)10-17(12)15(19)11-5-4-6-14(7-11)20-3/h4-7,12-13,18H,8-10H2,1-3H3. The number of benzene rings is 1. The van der Waals surface area contributed by atoms with Crippen molar-refractivity contribution in [1.29, 1.82) is 0 Å². The van der Waals surface area contributed by atoms with E-state index in [1.165, 1.54) is 0 Å². The second kappa shape index (κ2) is 6.24. The topological polar surface area (TPSA) is 53.0 Å². The van der Waals surface area contributed by atoms with Crippen LogP contribution in [0.2, 0.25) is 0 Å². The Morgan fingerprint density at radius 2 is 2.25 bits per heavy atom. The number of ether oxygens (including phenoxy) is 1. The molecule has 0 bridgehead atoms. The van der Waals surface area contributed by atoms with Crippen molar-refractivity contribution >= 4 is 5.91 Å². The molecule has 110 valence electrons. The normalized spacial score (nSPS) is 22.4. The van der Waals surface area contributed by atoms with E-state index in [9.17, 15) is 9.90 Å². The Bertz CT molecular complexity index is 476. The Labute approximate surface area is 119 Å². The largest absolute Gasteiger partial charge is 0.497 e. The van der Waals surface area contributed by atoms with Gasteiger partial charge in [-0.15, -0.1) is 0 Å². The average molecular weight is 278 g/mol. The fourth-order valence-electron chi connectivity index (χ4n) is 2.66. The van der Waals surface area contributed by atoms with E-state index in [-0.39, 0.29) is 11.9 Å². The molecule has 0 spiro atoms. The quantitative estimate of drug-likeness (QED) is 0.886. The van der Waals surface area contributed by atoms with Crippen molar-refractivity contribution in [2.24, 2.45) is 0 Å². The molecule has 1 aliphatic rings. The third kappa shape index (κ3) is 3.29. The van der Waals surface area contributed by atoms with Crippen molar-refractivity contribution in [3.05, 3.63) is 29.8 Å². The summed E-state index contributed by atoms with van der Waals surface area (Å²) in [6, 6.07) is 7.19. The molecule has 1 heterocycles. The zero-order valence-electron chi connectivity index (χ0n) is 12.2. The molecule has 5 heteroatoms. The number of likely N-dealkylation sites (tertiary alicyclic amines) is 1. The highest BCUT2D eigenvalue weighted by Gasteiger charge is 2.34. The van der Waals surface area contributed by atoms with Gasteiger partial charge in [0.2, 0.25) is 0 Å². The van der Waals surface area contributed by atoms with Gasteiger partial charge in [-0.2, -0.15) is 0 Å². The fourth-order valence-corrected chi connectivity index (χ4v) is 2.66. The van der Waals surface area contributed by atoms with Crippen molar-refractivity contribution in [3.63, 3.8) is 0 Å². The molecule has 2 atom stereocenters. The van der Waals surface area contributed by atoms with E-state index >= 15 is 0 Å². The molecule has 1 amide bonds. The van der Waals surface area contributed by atoms with Crippen LogP contribution in [-0.2, 0) is 0 Å². The van der Waals surface area contributed by atoms with Crippen LogP contribution in [0.15, 0.2) is 24.3 Å². The van der Waals surface area contributed by atoms with Gasteiger partial charge in [-0.25, -0.2) is 0 Å². The predicted molar refractivity (Wildman–Crippen MR) is 77.0 cm³/mol. The molecule has 1 fully saturated rings. The first kappa shape index (κ1) is 14.8. The monoisotopic (exact) mass is 278 g/mol. The Hall–Kier alpha value is -1.59. The molecule has 1 aromatic carbocycles. The molecule has 0 aromatic heterocycles. The summed E-state index contributed by atoms with van der Waals surface area (Å²) < 4.78 is 5.15. The van der Waals surface area contributed by atoms with Crippen molar-refractivity contribution < 1.29 is 14.6 Å². The van der Waals surface area contributed by atoms with Crippen LogP contribution in [0.4, 0.5) is 0 Å². The zero-order valence-corrected chi connectivity index (χ0v) is 12.2. The van der Waals surface area contributed by atoms with Crippen LogP contribution in [0.5, 0.6) is 5.75 Å². The summed E-state index contributed by atoms with van der Waals surface area (Å²) in [6.07, 6.45) is 0.197. The minimum atomic E-state index is -0.436. The second-order valence-corrected chi connectivity index (χ2v) is 5.50. The maximum Gasteiger partial charge on any atom is 0.254 e.